The van der Waals surface area contributed by atoms with Gasteiger partial charge in [0.25, 0.3) is 0 Å². The van der Waals surface area contributed by atoms with E-state index in [1.165, 1.54) is 32.1 Å². The quantitative estimate of drug-likeness (QED) is 0.820. The predicted molar refractivity (Wildman–Crippen MR) is 87.1 cm³/mol. The van der Waals surface area contributed by atoms with Crippen LogP contribution in [0.5, 0.6) is 0 Å². The van der Waals surface area contributed by atoms with Crippen molar-refractivity contribution in [3.63, 3.8) is 0 Å². The molecule has 0 radical (unpaired) electrons. The Morgan fingerprint density at radius 2 is 2.05 bits per heavy atom. The molecule has 0 aromatic carbocycles. The Labute approximate surface area is 128 Å². The smallest absolute Gasteiger partial charge is 0.220 e. The molecule has 20 heavy (non-hydrogen) atoms. The van der Waals surface area contributed by atoms with Crippen molar-refractivity contribution in [3.8, 4) is 0 Å². The molecular weight excluding hydrogens is 268 g/mol. The van der Waals surface area contributed by atoms with E-state index >= 15 is 0 Å². The average molecular weight is 298 g/mol. The molecule has 4 heteroatoms. The van der Waals surface area contributed by atoms with Crippen LogP contribution in [-0.4, -0.2) is 36.5 Å². The third kappa shape index (κ3) is 4.96. The molecule has 2 aliphatic rings. The van der Waals surface area contributed by atoms with Gasteiger partial charge in [0.1, 0.15) is 0 Å². The summed E-state index contributed by atoms with van der Waals surface area (Å²) in [6.45, 7) is 4.49. The Morgan fingerprint density at radius 1 is 1.30 bits per heavy atom. The Balaban J connectivity index is 1.71. The van der Waals surface area contributed by atoms with Crippen molar-refractivity contribution in [2.75, 3.05) is 19.3 Å². The van der Waals surface area contributed by atoms with Gasteiger partial charge >= 0.3 is 0 Å². The first-order valence-corrected chi connectivity index (χ1v) is 9.50. The monoisotopic (exact) mass is 298 g/mol. The molecule has 0 aromatic heterocycles. The molecule has 1 saturated carbocycles. The molecule has 3 atom stereocenters. The molecule has 3 nitrogen and oxygen atoms in total. The lowest BCUT2D eigenvalue weighted by molar-refractivity contribution is -0.123. The van der Waals surface area contributed by atoms with E-state index in [2.05, 4.69) is 23.8 Å². The highest BCUT2D eigenvalue weighted by atomic mass is 32.2. The third-order valence-corrected chi connectivity index (χ3v) is 6.12. The summed E-state index contributed by atoms with van der Waals surface area (Å²) < 4.78 is 0. The van der Waals surface area contributed by atoms with E-state index in [0.717, 1.165) is 30.7 Å². The second-order valence-corrected chi connectivity index (χ2v) is 7.70. The molecule has 1 aliphatic carbocycles. The van der Waals surface area contributed by atoms with Crippen LogP contribution in [0.3, 0.4) is 0 Å². The number of amides is 1. The molecule has 1 heterocycles. The Morgan fingerprint density at radius 3 is 2.75 bits per heavy atom. The molecule has 1 aliphatic heterocycles. The number of piperidine rings is 1. The van der Waals surface area contributed by atoms with Crippen molar-refractivity contribution in [2.45, 2.75) is 63.2 Å². The summed E-state index contributed by atoms with van der Waals surface area (Å²) in [7, 11) is 0. The van der Waals surface area contributed by atoms with Gasteiger partial charge in [-0.1, -0.05) is 13.3 Å². The number of thioether (sulfide) groups is 1. The minimum Gasteiger partial charge on any atom is -0.353 e. The predicted octanol–water partition coefficient (Wildman–Crippen LogP) is 2.80. The van der Waals surface area contributed by atoms with Crippen LogP contribution in [0, 0.1) is 11.8 Å². The summed E-state index contributed by atoms with van der Waals surface area (Å²) in [6, 6.07) is 0.425. The van der Waals surface area contributed by atoms with E-state index in [0.29, 0.717) is 18.4 Å². The first-order chi connectivity index (χ1) is 9.69. The molecule has 2 N–H and O–H groups in total. The maximum Gasteiger partial charge on any atom is 0.220 e. The topological polar surface area (TPSA) is 41.1 Å². The van der Waals surface area contributed by atoms with E-state index in [4.69, 9.17) is 0 Å². The number of nitrogens with one attached hydrogen (secondary N) is 2. The summed E-state index contributed by atoms with van der Waals surface area (Å²) in [5.41, 5.74) is 0. The van der Waals surface area contributed by atoms with Crippen molar-refractivity contribution in [2.24, 2.45) is 11.8 Å². The van der Waals surface area contributed by atoms with Crippen LogP contribution in [-0.2, 0) is 4.79 Å². The maximum atomic E-state index is 12.2. The van der Waals surface area contributed by atoms with Crippen molar-refractivity contribution in [1.29, 1.82) is 0 Å². The summed E-state index contributed by atoms with van der Waals surface area (Å²) in [4.78, 5) is 12.2. The average Bonchev–Trinajstić information content (AvgIpc) is 2.48. The van der Waals surface area contributed by atoms with Gasteiger partial charge in [-0.05, 0) is 63.3 Å². The summed E-state index contributed by atoms with van der Waals surface area (Å²) in [5.74, 6) is 1.53. The molecule has 1 saturated heterocycles. The summed E-state index contributed by atoms with van der Waals surface area (Å²) >= 11 is 1.95. The Hall–Kier alpha value is -0.220. The molecule has 2 fully saturated rings. The van der Waals surface area contributed by atoms with E-state index < -0.39 is 0 Å². The van der Waals surface area contributed by atoms with E-state index in [-0.39, 0.29) is 5.91 Å². The van der Waals surface area contributed by atoms with E-state index in [1.807, 2.05) is 11.8 Å². The van der Waals surface area contributed by atoms with Crippen LogP contribution >= 0.6 is 11.8 Å². The maximum absolute atomic E-state index is 12.2. The van der Waals surface area contributed by atoms with E-state index in [9.17, 15) is 4.79 Å². The van der Waals surface area contributed by atoms with Gasteiger partial charge in [0.15, 0.2) is 0 Å². The lowest BCUT2D eigenvalue weighted by Gasteiger charge is -2.31. The zero-order chi connectivity index (χ0) is 14.4. The molecule has 1 amide bonds. The van der Waals surface area contributed by atoms with Gasteiger partial charge in [-0.2, -0.15) is 11.8 Å². The van der Waals surface area contributed by atoms with Gasteiger partial charge < -0.3 is 10.6 Å². The highest BCUT2D eigenvalue weighted by Gasteiger charge is 2.25. The minimum absolute atomic E-state index is 0.280. The third-order valence-electron chi connectivity index (χ3n) is 5.02. The normalized spacial score (nSPS) is 29.9. The highest BCUT2D eigenvalue weighted by molar-refractivity contribution is 7.99. The van der Waals surface area contributed by atoms with Gasteiger partial charge in [0, 0.05) is 17.7 Å². The number of carbonyl (C=O) groups excluding carboxylic acids is 1. The van der Waals surface area contributed by atoms with Crippen LogP contribution in [0.25, 0.3) is 0 Å². The van der Waals surface area contributed by atoms with Gasteiger partial charge in [-0.3, -0.25) is 4.79 Å². The van der Waals surface area contributed by atoms with Gasteiger partial charge in [-0.25, -0.2) is 0 Å². The van der Waals surface area contributed by atoms with E-state index in [1.54, 1.807) is 0 Å². The Bertz CT molecular complexity index is 299. The molecule has 0 aromatic rings. The zero-order valence-electron chi connectivity index (χ0n) is 13.0. The number of rotatable bonds is 5. The van der Waals surface area contributed by atoms with Crippen LogP contribution in [0.1, 0.15) is 51.9 Å². The molecular formula is C16H30N2OS. The minimum atomic E-state index is 0.280. The molecule has 0 bridgehead atoms. The zero-order valence-corrected chi connectivity index (χ0v) is 13.8. The van der Waals surface area contributed by atoms with Crippen LogP contribution in [0.2, 0.25) is 0 Å². The fourth-order valence-corrected chi connectivity index (χ4v) is 4.48. The lowest BCUT2D eigenvalue weighted by atomic mass is 9.84. The molecule has 2 rings (SSSR count). The molecule has 0 spiro atoms. The van der Waals surface area contributed by atoms with Crippen molar-refractivity contribution >= 4 is 17.7 Å². The van der Waals surface area contributed by atoms with Crippen molar-refractivity contribution in [3.05, 3.63) is 0 Å². The lowest BCUT2D eigenvalue weighted by Crippen LogP contribution is -2.40. The van der Waals surface area contributed by atoms with Gasteiger partial charge in [0.05, 0.1) is 0 Å². The first-order valence-electron chi connectivity index (χ1n) is 8.22. The van der Waals surface area contributed by atoms with Crippen LogP contribution in [0.4, 0.5) is 0 Å². The number of carbonyl (C=O) groups is 1. The summed E-state index contributed by atoms with van der Waals surface area (Å²) in [6.07, 6.45) is 10.3. The first kappa shape index (κ1) is 16.2. The standard InChI is InChI=1S/C16H30N2OS/c1-12(13-6-8-17-9-7-13)10-16(19)18-14-4-3-5-15(11-14)20-2/h12-15,17H,3-11H2,1-2H3,(H,18,19). The van der Waals surface area contributed by atoms with Crippen LogP contribution < -0.4 is 10.6 Å². The highest BCUT2D eigenvalue weighted by Crippen LogP contribution is 2.28. The summed E-state index contributed by atoms with van der Waals surface area (Å²) in [5, 5.41) is 7.43. The van der Waals surface area contributed by atoms with Crippen LogP contribution in [0.15, 0.2) is 0 Å². The fourth-order valence-electron chi connectivity index (χ4n) is 3.65. The molecule has 116 valence electrons. The number of hydrogen-bond acceptors (Lipinski definition) is 3. The second kappa shape index (κ2) is 8.28. The van der Waals surface area contributed by atoms with Gasteiger partial charge in [-0.15, -0.1) is 0 Å². The van der Waals surface area contributed by atoms with Crippen molar-refractivity contribution in [1.82, 2.24) is 10.6 Å². The fraction of sp³-hybridized carbons (Fsp3) is 0.938. The SMILES string of the molecule is CSC1CCCC(NC(=O)CC(C)C2CCNCC2)C1. The Kier molecular flexibility index (Phi) is 6.69. The largest absolute Gasteiger partial charge is 0.353 e. The molecule has 3 unspecified atom stereocenters. The second-order valence-electron chi connectivity index (χ2n) is 6.56. The number of hydrogen-bond donors (Lipinski definition) is 2. The van der Waals surface area contributed by atoms with Gasteiger partial charge in [0.2, 0.25) is 5.91 Å². The van der Waals surface area contributed by atoms with Crippen molar-refractivity contribution < 1.29 is 4.79 Å².